The molecule has 1 rings (SSSR count). The second-order valence-corrected chi connectivity index (χ2v) is 3.91. The Kier molecular flexibility index (Phi) is 33.1. The van der Waals surface area contributed by atoms with Crippen LogP contribution >= 0.6 is 23.2 Å². The van der Waals surface area contributed by atoms with Gasteiger partial charge in [-0.25, -0.2) is 0 Å². The zero-order chi connectivity index (χ0) is 16.4. The number of halogens is 2. The van der Waals surface area contributed by atoms with Gasteiger partial charge in [0.2, 0.25) is 0 Å². The summed E-state index contributed by atoms with van der Waals surface area (Å²) < 4.78 is 22.5. The predicted octanol–water partition coefficient (Wildman–Crippen LogP) is 3.16. The molecule has 0 saturated carbocycles. The van der Waals surface area contributed by atoms with Gasteiger partial charge in [0.1, 0.15) is 0 Å². The number of hydrogen-bond donors (Lipinski definition) is 0. The van der Waals surface area contributed by atoms with Crippen molar-refractivity contribution < 1.29 is 31.3 Å². The van der Waals surface area contributed by atoms with Gasteiger partial charge in [-0.15, -0.1) is 23.2 Å². The van der Waals surface area contributed by atoms with E-state index in [1.165, 1.54) is 11.3 Å². The number of nitrogens with zero attached hydrogens (tertiary/aromatic N) is 1. The minimum absolute atomic E-state index is 0. The van der Waals surface area contributed by atoms with Gasteiger partial charge in [-0.2, -0.15) is 0 Å². The molecule has 0 saturated heterocycles. The third-order valence-electron chi connectivity index (χ3n) is 2.17. The van der Waals surface area contributed by atoms with Crippen LogP contribution in [0.3, 0.4) is 0 Å². The summed E-state index contributed by atoms with van der Waals surface area (Å²) in [7, 11) is 0. The molecule has 0 aliphatic heterocycles. The average molecular weight is 368 g/mol. The number of para-hydroxylation sites is 1. The molecule has 0 N–H and O–H groups in total. The Labute approximate surface area is 146 Å². The van der Waals surface area contributed by atoms with E-state index in [-0.39, 0.29) is 17.4 Å². The Balaban J connectivity index is -0.000000183. The van der Waals surface area contributed by atoms with E-state index in [0.29, 0.717) is 11.8 Å². The fourth-order valence-corrected chi connectivity index (χ4v) is 1.88. The van der Waals surface area contributed by atoms with Gasteiger partial charge in [0, 0.05) is 47.9 Å². The first-order chi connectivity index (χ1) is 9.79. The summed E-state index contributed by atoms with van der Waals surface area (Å²) in [6.07, 6.45) is 0. The molecule has 0 bridgehead atoms. The van der Waals surface area contributed by atoms with Crippen molar-refractivity contribution in [3.8, 4) is 0 Å². The molecule has 0 amide bonds. The molecule has 0 radical (unpaired) electrons. The van der Waals surface area contributed by atoms with Gasteiger partial charge in [-0.3, -0.25) is 0 Å². The topological polar surface area (TPSA) is 62.9 Å². The second-order valence-electron chi connectivity index (χ2n) is 3.15. The van der Waals surface area contributed by atoms with Gasteiger partial charge in [0.25, 0.3) is 0 Å². The molecule has 1 aromatic rings. The van der Waals surface area contributed by atoms with Gasteiger partial charge < -0.3 is 4.90 Å². The average Bonchev–Trinajstić information content (AvgIpc) is 2.54. The third-order valence-corrected chi connectivity index (χ3v) is 2.50. The van der Waals surface area contributed by atoms with Gasteiger partial charge in [-0.1, -0.05) is 18.2 Å². The molecule has 0 aromatic heterocycles. The van der Waals surface area contributed by atoms with E-state index >= 15 is 0 Å². The Morgan fingerprint density at radius 1 is 0.905 bits per heavy atom. The summed E-state index contributed by atoms with van der Waals surface area (Å²) in [4.78, 5) is 2.22. The minimum atomic E-state index is 0. The van der Waals surface area contributed by atoms with Crippen molar-refractivity contribution in [3.63, 3.8) is 0 Å². The van der Waals surface area contributed by atoms with E-state index in [4.69, 9.17) is 37.2 Å². The smallest absolute Gasteiger partial charge is 0 e. The first-order valence-electron chi connectivity index (χ1n) is 5.33. The molecule has 114 valence electrons. The maximum Gasteiger partial charge on any atom is 0 e. The van der Waals surface area contributed by atoms with Gasteiger partial charge in [0.15, 0.2) is 0 Å². The minimum Gasteiger partial charge on any atom is 0 e. The molecular weight excluding hydrogens is 353 g/mol. The van der Waals surface area contributed by atoms with Crippen LogP contribution in [-0.2, 0) is 31.3 Å². The van der Waals surface area contributed by atoms with Crippen LogP contribution in [0.5, 0.6) is 0 Å². The van der Waals surface area contributed by atoms with Crippen molar-refractivity contribution in [1.82, 2.24) is 0 Å². The second kappa shape index (κ2) is 24.4. The maximum absolute atomic E-state index is 7.50. The summed E-state index contributed by atoms with van der Waals surface area (Å²) in [6, 6.07) is 8.29. The maximum atomic E-state index is 7.50. The predicted molar refractivity (Wildman–Crippen MR) is 76.6 cm³/mol. The summed E-state index contributed by atoms with van der Waals surface area (Å²) in [5.41, 5.74) is 2.50. The monoisotopic (exact) mass is 367 g/mol. The largest absolute Gasteiger partial charge is 0 e. The Hall–Kier alpha value is -0.648. The van der Waals surface area contributed by atoms with Gasteiger partial charge >= 0.3 is 33.9 Å². The normalized spacial score (nSPS) is 7.10. The molecule has 7 heteroatoms. The van der Waals surface area contributed by atoms with Crippen LogP contribution in [0.4, 0.5) is 5.69 Å². The first kappa shape index (κ1) is 28.5. The summed E-state index contributed by atoms with van der Waals surface area (Å²) >= 11 is 11.5. The zero-order valence-corrected chi connectivity index (χ0v) is 14.3. The molecule has 4 nitrogen and oxygen atoms in total. The van der Waals surface area contributed by atoms with E-state index in [2.05, 4.69) is 43.9 Å². The van der Waals surface area contributed by atoms with Crippen molar-refractivity contribution in [2.75, 3.05) is 29.7 Å². The Bertz CT molecular complexity index is 377. The number of hydrogen-bond acceptors (Lipinski definition) is 1. The van der Waals surface area contributed by atoms with E-state index < -0.39 is 0 Å². The van der Waals surface area contributed by atoms with Crippen LogP contribution in [0.25, 0.3) is 0 Å². The van der Waals surface area contributed by atoms with Crippen LogP contribution in [0.15, 0.2) is 24.3 Å². The van der Waals surface area contributed by atoms with Crippen LogP contribution in [0.1, 0.15) is 5.56 Å². The van der Waals surface area contributed by atoms with E-state index in [9.17, 15) is 0 Å². The van der Waals surface area contributed by atoms with Crippen LogP contribution in [0.2, 0.25) is 0 Å². The standard InChI is InChI=1S/C11H15Cl2N.3CO.Cr/c1-10-4-2-3-5-11(10)14(8-6-12)9-7-13;3*1-2;/h2-5H,6-9H2,1H3;;;;. The number of benzene rings is 1. The third kappa shape index (κ3) is 14.1. The molecule has 0 unspecified atom stereocenters. The van der Waals surface area contributed by atoms with E-state index in [0.717, 1.165) is 13.1 Å². The molecule has 0 spiro atoms. The summed E-state index contributed by atoms with van der Waals surface area (Å²) in [5, 5.41) is 0. The summed E-state index contributed by atoms with van der Waals surface area (Å²) in [6.45, 7) is 17.3. The Morgan fingerprint density at radius 2 is 1.29 bits per heavy atom. The fourth-order valence-electron chi connectivity index (χ4n) is 1.47. The van der Waals surface area contributed by atoms with Crippen molar-refractivity contribution in [2.24, 2.45) is 0 Å². The van der Waals surface area contributed by atoms with Gasteiger partial charge in [-0.05, 0) is 18.6 Å². The SMILES string of the molecule is Cc1ccccc1N(CCCl)CCCl.[C-]#[O+].[C-]#[O+].[C-]#[O+].[Cr]. The van der Waals surface area contributed by atoms with Crippen LogP contribution in [-0.4, -0.2) is 24.8 Å². The van der Waals surface area contributed by atoms with Crippen LogP contribution in [0, 0.1) is 26.9 Å². The zero-order valence-electron chi connectivity index (χ0n) is 11.5. The Morgan fingerprint density at radius 3 is 1.62 bits per heavy atom. The number of alkyl halides is 2. The quantitative estimate of drug-likeness (QED) is 0.447. The molecule has 1 aromatic carbocycles. The molecule has 0 aliphatic rings. The van der Waals surface area contributed by atoms with E-state index in [1.54, 1.807) is 0 Å². The van der Waals surface area contributed by atoms with Crippen molar-refractivity contribution in [2.45, 2.75) is 6.92 Å². The number of anilines is 1. The van der Waals surface area contributed by atoms with Crippen molar-refractivity contribution in [3.05, 3.63) is 49.8 Å². The van der Waals surface area contributed by atoms with Gasteiger partial charge in [0.05, 0.1) is 0 Å². The summed E-state index contributed by atoms with van der Waals surface area (Å²) in [5.74, 6) is 1.26. The molecule has 0 heterocycles. The molecular formula is C14H15Cl2CrNO3. The molecule has 0 aliphatic carbocycles. The number of aryl methyl sites for hydroxylation is 1. The first-order valence-corrected chi connectivity index (χ1v) is 6.40. The van der Waals surface area contributed by atoms with Crippen LogP contribution < -0.4 is 4.90 Å². The molecule has 21 heavy (non-hydrogen) atoms. The van der Waals surface area contributed by atoms with Crippen molar-refractivity contribution >= 4 is 28.9 Å². The van der Waals surface area contributed by atoms with E-state index in [1.807, 2.05) is 12.1 Å². The fraction of sp³-hybridized carbons (Fsp3) is 0.357. The molecule has 0 atom stereocenters. The number of rotatable bonds is 5. The molecule has 0 fully saturated rings. The van der Waals surface area contributed by atoms with Crippen molar-refractivity contribution in [1.29, 1.82) is 0 Å².